The first-order chi connectivity index (χ1) is 14.1. The van der Waals surface area contributed by atoms with E-state index in [0.29, 0.717) is 18.7 Å². The molecule has 2 atom stereocenters. The van der Waals surface area contributed by atoms with E-state index < -0.39 is 17.7 Å². The smallest absolute Gasteiger partial charge is 0.295 e. The van der Waals surface area contributed by atoms with E-state index in [0.717, 1.165) is 28.6 Å². The maximum Gasteiger partial charge on any atom is 0.295 e. The van der Waals surface area contributed by atoms with Gasteiger partial charge in [-0.05, 0) is 30.4 Å². The highest BCUT2D eigenvalue weighted by molar-refractivity contribution is 7.10. The van der Waals surface area contributed by atoms with Crippen molar-refractivity contribution in [1.82, 2.24) is 9.88 Å². The molecule has 2 saturated heterocycles. The predicted molar refractivity (Wildman–Crippen MR) is 111 cm³/mol. The van der Waals surface area contributed by atoms with E-state index in [-0.39, 0.29) is 17.4 Å². The summed E-state index contributed by atoms with van der Waals surface area (Å²) in [5.74, 6) is -1.38. The van der Waals surface area contributed by atoms with Gasteiger partial charge in [0, 0.05) is 40.7 Å². The first-order valence-electron chi connectivity index (χ1n) is 9.65. The van der Waals surface area contributed by atoms with Crippen molar-refractivity contribution >= 4 is 39.7 Å². The zero-order chi connectivity index (χ0) is 20.0. The molecule has 2 fully saturated rings. The Morgan fingerprint density at radius 3 is 2.86 bits per heavy atom. The lowest BCUT2D eigenvalue weighted by molar-refractivity contribution is -0.140. The SMILES string of the molecule is O=C1C(=O)N(CC2CCCO2)C(c2cccs2)/C1=C(/O)c1c[nH]c2ccccc12. The summed E-state index contributed by atoms with van der Waals surface area (Å²) in [6, 6.07) is 10.7. The summed E-state index contributed by atoms with van der Waals surface area (Å²) >= 11 is 1.47. The topological polar surface area (TPSA) is 82.6 Å². The van der Waals surface area contributed by atoms with Crippen LogP contribution in [0.4, 0.5) is 0 Å². The van der Waals surface area contributed by atoms with Gasteiger partial charge in [0.1, 0.15) is 5.76 Å². The van der Waals surface area contributed by atoms with E-state index in [4.69, 9.17) is 4.74 Å². The van der Waals surface area contributed by atoms with Crippen molar-refractivity contribution in [1.29, 1.82) is 0 Å². The van der Waals surface area contributed by atoms with Crippen LogP contribution in [0.1, 0.15) is 29.3 Å². The molecular weight excluding hydrogens is 388 g/mol. The van der Waals surface area contributed by atoms with E-state index >= 15 is 0 Å². The third-order valence-electron chi connectivity index (χ3n) is 5.62. The number of aromatic amines is 1. The van der Waals surface area contributed by atoms with Gasteiger partial charge in [-0.3, -0.25) is 9.59 Å². The summed E-state index contributed by atoms with van der Waals surface area (Å²) in [5.41, 5.74) is 1.52. The number of nitrogens with one attached hydrogen (secondary N) is 1. The molecule has 1 amide bonds. The Morgan fingerprint density at radius 1 is 1.24 bits per heavy atom. The number of aliphatic hydroxyl groups is 1. The van der Waals surface area contributed by atoms with Crippen molar-refractivity contribution in [2.24, 2.45) is 0 Å². The number of para-hydroxylation sites is 1. The van der Waals surface area contributed by atoms with Gasteiger partial charge in [-0.15, -0.1) is 11.3 Å². The summed E-state index contributed by atoms with van der Waals surface area (Å²) in [6.45, 7) is 1.02. The molecule has 5 rings (SSSR count). The molecule has 29 heavy (non-hydrogen) atoms. The summed E-state index contributed by atoms with van der Waals surface area (Å²) in [5, 5.41) is 13.9. The Balaban J connectivity index is 1.64. The van der Waals surface area contributed by atoms with Crippen LogP contribution in [-0.2, 0) is 14.3 Å². The van der Waals surface area contributed by atoms with Gasteiger partial charge >= 0.3 is 0 Å². The first-order valence-corrected chi connectivity index (χ1v) is 10.5. The van der Waals surface area contributed by atoms with Gasteiger partial charge in [0.15, 0.2) is 0 Å². The van der Waals surface area contributed by atoms with Crippen molar-refractivity contribution in [3.8, 4) is 0 Å². The Labute approximate surface area is 171 Å². The number of H-pyrrole nitrogens is 1. The molecule has 0 saturated carbocycles. The van der Waals surface area contributed by atoms with Gasteiger partial charge in [0.25, 0.3) is 11.7 Å². The van der Waals surface area contributed by atoms with E-state index in [9.17, 15) is 14.7 Å². The summed E-state index contributed by atoms with van der Waals surface area (Å²) < 4.78 is 5.70. The quantitative estimate of drug-likeness (QED) is 0.390. The minimum Gasteiger partial charge on any atom is -0.507 e. The van der Waals surface area contributed by atoms with Gasteiger partial charge in [-0.25, -0.2) is 0 Å². The number of carbonyl (C=O) groups excluding carboxylic acids is 2. The molecule has 3 aromatic rings. The van der Waals surface area contributed by atoms with E-state index in [1.54, 1.807) is 11.1 Å². The zero-order valence-electron chi connectivity index (χ0n) is 15.6. The molecular formula is C22H20N2O4S. The number of hydrogen-bond acceptors (Lipinski definition) is 5. The minimum atomic E-state index is -0.649. The Bertz CT molecular complexity index is 1110. The Hall–Kier alpha value is -2.90. The highest BCUT2D eigenvalue weighted by atomic mass is 32.1. The van der Waals surface area contributed by atoms with Crippen LogP contribution in [0.5, 0.6) is 0 Å². The van der Waals surface area contributed by atoms with Crippen LogP contribution in [0.25, 0.3) is 16.7 Å². The van der Waals surface area contributed by atoms with Crippen LogP contribution in [0.3, 0.4) is 0 Å². The van der Waals surface area contributed by atoms with Crippen molar-refractivity contribution < 1.29 is 19.4 Å². The number of hydrogen-bond donors (Lipinski definition) is 2. The number of Topliss-reactive ketones (excluding diaryl/α,β-unsaturated/α-hetero) is 1. The molecule has 7 heteroatoms. The molecule has 2 N–H and O–H groups in total. The monoisotopic (exact) mass is 408 g/mol. The maximum atomic E-state index is 13.0. The van der Waals surface area contributed by atoms with Crippen LogP contribution in [0.2, 0.25) is 0 Å². The van der Waals surface area contributed by atoms with Crippen molar-refractivity contribution in [3.05, 3.63) is 64.0 Å². The molecule has 0 spiro atoms. The van der Waals surface area contributed by atoms with Gasteiger partial charge in [-0.1, -0.05) is 24.3 Å². The molecule has 2 unspecified atom stereocenters. The lowest BCUT2D eigenvalue weighted by atomic mass is 9.99. The van der Waals surface area contributed by atoms with Gasteiger partial charge in [0.2, 0.25) is 0 Å². The molecule has 2 aliphatic heterocycles. The zero-order valence-corrected chi connectivity index (χ0v) is 16.4. The molecule has 1 aromatic carbocycles. The number of ketones is 1. The third kappa shape index (κ3) is 2.97. The fourth-order valence-electron chi connectivity index (χ4n) is 4.23. The number of fused-ring (bicyclic) bond motifs is 1. The van der Waals surface area contributed by atoms with Crippen LogP contribution in [0.15, 0.2) is 53.5 Å². The first kappa shape index (κ1) is 18.1. The third-order valence-corrected chi connectivity index (χ3v) is 6.55. The van der Waals surface area contributed by atoms with Crippen LogP contribution in [-0.4, -0.2) is 45.9 Å². The summed E-state index contributed by atoms with van der Waals surface area (Å²) in [7, 11) is 0. The number of thiophene rings is 1. The normalized spacial score (nSPS) is 24.1. The highest BCUT2D eigenvalue weighted by Gasteiger charge is 2.47. The second-order valence-electron chi connectivity index (χ2n) is 7.35. The molecule has 6 nitrogen and oxygen atoms in total. The number of nitrogens with zero attached hydrogens (tertiary/aromatic N) is 1. The van der Waals surface area contributed by atoms with Crippen LogP contribution in [0, 0.1) is 0 Å². The van der Waals surface area contributed by atoms with Gasteiger partial charge in [-0.2, -0.15) is 0 Å². The maximum absolute atomic E-state index is 13.0. The van der Waals surface area contributed by atoms with Crippen LogP contribution < -0.4 is 0 Å². The molecule has 148 valence electrons. The average molecular weight is 408 g/mol. The summed E-state index contributed by atoms with van der Waals surface area (Å²) in [4.78, 5) is 31.5. The Morgan fingerprint density at radius 2 is 2.10 bits per heavy atom. The lowest BCUT2D eigenvalue weighted by Crippen LogP contribution is -2.36. The number of aromatic nitrogens is 1. The number of benzene rings is 1. The molecule has 2 aliphatic rings. The largest absolute Gasteiger partial charge is 0.507 e. The molecule has 0 radical (unpaired) electrons. The number of likely N-dealkylation sites (tertiary alicyclic amines) is 1. The lowest BCUT2D eigenvalue weighted by Gasteiger charge is -2.26. The second-order valence-corrected chi connectivity index (χ2v) is 8.33. The second kappa shape index (κ2) is 7.17. The van der Waals surface area contributed by atoms with Crippen molar-refractivity contribution in [2.75, 3.05) is 13.2 Å². The number of amides is 1. The number of ether oxygens (including phenoxy) is 1. The fourth-order valence-corrected chi connectivity index (χ4v) is 5.08. The van der Waals surface area contributed by atoms with E-state index in [2.05, 4.69) is 4.98 Å². The fraction of sp³-hybridized carbons (Fsp3) is 0.273. The Kier molecular flexibility index (Phi) is 4.49. The minimum absolute atomic E-state index is 0.0798. The van der Waals surface area contributed by atoms with Gasteiger partial charge < -0.3 is 19.7 Å². The van der Waals surface area contributed by atoms with Crippen LogP contribution >= 0.6 is 11.3 Å². The van der Waals surface area contributed by atoms with Crippen molar-refractivity contribution in [2.45, 2.75) is 25.0 Å². The number of carbonyl (C=O) groups is 2. The highest BCUT2D eigenvalue weighted by Crippen LogP contribution is 2.42. The molecule has 0 bridgehead atoms. The van der Waals surface area contributed by atoms with Crippen molar-refractivity contribution in [3.63, 3.8) is 0 Å². The van der Waals surface area contributed by atoms with E-state index in [1.807, 2.05) is 41.8 Å². The van der Waals surface area contributed by atoms with E-state index in [1.165, 1.54) is 11.3 Å². The standard InChI is InChI=1S/C22H20N2O4S/c25-20(15-11-23-16-7-2-1-6-14(15)16)18-19(17-8-4-10-29-17)24(22(27)21(18)26)12-13-5-3-9-28-13/h1-2,4,6-8,10-11,13,19,23,25H,3,5,9,12H2/b20-18-. The number of aliphatic hydroxyl groups excluding tert-OH is 1. The molecule has 4 heterocycles. The van der Waals surface area contributed by atoms with Gasteiger partial charge in [0.05, 0.1) is 17.7 Å². The molecule has 0 aliphatic carbocycles. The number of rotatable bonds is 4. The molecule has 2 aromatic heterocycles. The predicted octanol–water partition coefficient (Wildman–Crippen LogP) is 3.83. The summed E-state index contributed by atoms with van der Waals surface area (Å²) in [6.07, 6.45) is 3.42. The average Bonchev–Trinajstić information content (AvgIpc) is 3.52.